The number of likely N-dealkylation sites (tertiary alicyclic amines) is 1. The van der Waals surface area contributed by atoms with E-state index in [2.05, 4.69) is 15.2 Å². The Balaban J connectivity index is 1.57. The van der Waals surface area contributed by atoms with Gasteiger partial charge >= 0.3 is 0 Å². The minimum Gasteiger partial charge on any atom is -0.338 e. The molecule has 0 radical (unpaired) electrons. The summed E-state index contributed by atoms with van der Waals surface area (Å²) in [5.74, 6) is 0.458. The van der Waals surface area contributed by atoms with Crippen LogP contribution in [0.3, 0.4) is 0 Å². The molecule has 4 heterocycles. The quantitative estimate of drug-likeness (QED) is 0.733. The van der Waals surface area contributed by atoms with E-state index in [0.29, 0.717) is 49.1 Å². The Labute approximate surface area is 161 Å². The Kier molecular flexibility index (Phi) is 4.58. The summed E-state index contributed by atoms with van der Waals surface area (Å²) < 4.78 is 2.94. The summed E-state index contributed by atoms with van der Waals surface area (Å²) in [7, 11) is 0. The van der Waals surface area contributed by atoms with Gasteiger partial charge in [0.2, 0.25) is 5.95 Å². The van der Waals surface area contributed by atoms with Crippen LogP contribution in [-0.2, 0) is 4.79 Å². The smallest absolute Gasteiger partial charge is 0.276 e. The first-order valence-corrected chi connectivity index (χ1v) is 9.44. The Bertz CT molecular complexity index is 1100. The van der Waals surface area contributed by atoms with Gasteiger partial charge in [0.05, 0.1) is 17.5 Å². The molecule has 0 bridgehead atoms. The first-order chi connectivity index (χ1) is 13.5. The van der Waals surface area contributed by atoms with Crippen molar-refractivity contribution in [3.63, 3.8) is 0 Å². The number of H-pyrrole nitrogens is 1. The lowest BCUT2D eigenvalue weighted by atomic mass is 9.91. The lowest BCUT2D eigenvalue weighted by Crippen LogP contribution is -2.40. The van der Waals surface area contributed by atoms with E-state index in [9.17, 15) is 14.4 Å². The average Bonchev–Trinajstić information content (AvgIpc) is 3.33. The van der Waals surface area contributed by atoms with Gasteiger partial charge in [-0.2, -0.15) is 5.10 Å². The Morgan fingerprint density at radius 2 is 2.04 bits per heavy atom. The number of rotatable bonds is 4. The highest BCUT2D eigenvalue weighted by Gasteiger charge is 2.28. The molecule has 9 nitrogen and oxygen atoms in total. The third kappa shape index (κ3) is 3.02. The lowest BCUT2D eigenvalue weighted by molar-refractivity contribution is -0.123. The molecule has 0 atom stereocenters. The molecule has 0 saturated carbocycles. The predicted molar refractivity (Wildman–Crippen MR) is 102 cm³/mol. The number of nitrogens with one attached hydrogen (secondary N) is 1. The summed E-state index contributed by atoms with van der Waals surface area (Å²) in [6.45, 7) is 4.77. The van der Waals surface area contributed by atoms with E-state index in [4.69, 9.17) is 0 Å². The normalized spacial score (nSPS) is 15.3. The van der Waals surface area contributed by atoms with Crippen LogP contribution in [0.2, 0.25) is 0 Å². The summed E-state index contributed by atoms with van der Waals surface area (Å²) in [4.78, 5) is 41.5. The fraction of sp³-hybridized carbons (Fsp3) is 0.421. The molecular formula is C19H22N6O3. The van der Waals surface area contributed by atoms with Crippen molar-refractivity contribution in [3.05, 3.63) is 46.1 Å². The summed E-state index contributed by atoms with van der Waals surface area (Å²) in [6.07, 6.45) is 5.12. The molecule has 1 saturated heterocycles. The van der Waals surface area contributed by atoms with Crippen molar-refractivity contribution in [2.45, 2.75) is 33.1 Å². The molecular weight excluding hydrogens is 360 g/mol. The van der Waals surface area contributed by atoms with Crippen LogP contribution in [0.15, 0.2) is 29.3 Å². The number of fused-ring (bicyclic) bond motifs is 1. The molecule has 3 aromatic heterocycles. The molecule has 3 aromatic rings. The SMILES string of the molecule is CCC(=O)C1CCN(C(=O)c2cnn(-c3nn4cccc4c(=O)[nH]3)c2C)CC1. The topological polar surface area (TPSA) is 105 Å². The molecule has 0 unspecified atom stereocenters. The maximum Gasteiger partial charge on any atom is 0.276 e. The molecule has 0 aliphatic carbocycles. The van der Waals surface area contributed by atoms with Crippen LogP contribution in [0.4, 0.5) is 0 Å². The number of Topliss-reactive ketones (excluding diaryl/α,β-unsaturated/α-hetero) is 1. The first-order valence-electron chi connectivity index (χ1n) is 9.44. The molecule has 1 fully saturated rings. The van der Waals surface area contributed by atoms with Crippen LogP contribution in [-0.4, -0.2) is 54.1 Å². The highest BCUT2D eigenvalue weighted by atomic mass is 16.2. The fourth-order valence-electron chi connectivity index (χ4n) is 3.72. The number of hydrogen-bond acceptors (Lipinski definition) is 5. The summed E-state index contributed by atoms with van der Waals surface area (Å²) in [5.41, 5.74) is 1.23. The van der Waals surface area contributed by atoms with Gasteiger partial charge < -0.3 is 4.90 Å². The zero-order valence-corrected chi connectivity index (χ0v) is 15.9. The number of carbonyl (C=O) groups excluding carboxylic acids is 2. The van der Waals surface area contributed by atoms with E-state index in [1.54, 1.807) is 30.2 Å². The van der Waals surface area contributed by atoms with Gasteiger partial charge in [-0.15, -0.1) is 5.10 Å². The minimum absolute atomic E-state index is 0.0560. The van der Waals surface area contributed by atoms with Gasteiger partial charge in [0, 0.05) is 31.6 Å². The van der Waals surface area contributed by atoms with Crippen molar-refractivity contribution < 1.29 is 9.59 Å². The second-order valence-electron chi connectivity index (χ2n) is 7.06. The van der Waals surface area contributed by atoms with Crippen molar-refractivity contribution in [1.82, 2.24) is 29.3 Å². The van der Waals surface area contributed by atoms with Crippen molar-refractivity contribution in [2.24, 2.45) is 5.92 Å². The Hall–Kier alpha value is -3.23. The molecule has 0 spiro atoms. The van der Waals surface area contributed by atoms with E-state index >= 15 is 0 Å². The Morgan fingerprint density at radius 1 is 1.29 bits per heavy atom. The largest absolute Gasteiger partial charge is 0.338 e. The number of piperidine rings is 1. The molecule has 9 heteroatoms. The molecule has 1 aliphatic heterocycles. The van der Waals surface area contributed by atoms with Crippen molar-refractivity contribution >= 4 is 17.2 Å². The third-order valence-electron chi connectivity index (χ3n) is 5.42. The van der Waals surface area contributed by atoms with Gasteiger partial charge in [-0.05, 0) is 31.9 Å². The van der Waals surface area contributed by atoms with Gasteiger partial charge in [-0.3, -0.25) is 19.4 Å². The standard InChI is InChI=1S/C19H22N6O3/c1-3-16(26)13-6-9-23(10-7-13)18(28)14-11-20-25(12(14)2)19-21-17(27)15-5-4-8-24(15)22-19/h4-5,8,11,13H,3,6-7,9-10H2,1-2H3,(H,21,22,27). The number of amides is 1. The van der Waals surface area contributed by atoms with Crippen molar-refractivity contribution in [1.29, 1.82) is 0 Å². The monoisotopic (exact) mass is 382 g/mol. The number of ketones is 1. The fourth-order valence-corrected chi connectivity index (χ4v) is 3.72. The molecule has 1 aliphatic rings. The van der Waals surface area contributed by atoms with E-state index < -0.39 is 0 Å². The van der Waals surface area contributed by atoms with Crippen molar-refractivity contribution in [2.75, 3.05) is 13.1 Å². The molecule has 1 N–H and O–H groups in total. The zero-order valence-electron chi connectivity index (χ0n) is 15.9. The highest BCUT2D eigenvalue weighted by molar-refractivity contribution is 5.95. The van der Waals surface area contributed by atoms with E-state index in [0.717, 1.165) is 0 Å². The van der Waals surface area contributed by atoms with Crippen LogP contribution >= 0.6 is 0 Å². The second kappa shape index (κ2) is 7.06. The van der Waals surface area contributed by atoms with E-state index in [1.165, 1.54) is 15.4 Å². The molecule has 1 amide bonds. The number of carbonyl (C=O) groups is 2. The number of hydrogen-bond donors (Lipinski definition) is 1. The first kappa shape index (κ1) is 18.1. The zero-order chi connectivity index (χ0) is 19.8. The summed E-state index contributed by atoms with van der Waals surface area (Å²) in [5, 5.41) is 8.61. The number of nitrogens with zero attached hydrogens (tertiary/aromatic N) is 5. The summed E-state index contributed by atoms with van der Waals surface area (Å²) >= 11 is 0. The van der Waals surface area contributed by atoms with Gasteiger partial charge in [-0.25, -0.2) is 9.20 Å². The molecule has 146 valence electrons. The third-order valence-corrected chi connectivity index (χ3v) is 5.42. The summed E-state index contributed by atoms with van der Waals surface area (Å²) in [6, 6.07) is 3.41. The van der Waals surface area contributed by atoms with Crippen molar-refractivity contribution in [3.8, 4) is 5.95 Å². The number of aromatic amines is 1. The van der Waals surface area contributed by atoms with Crippen LogP contribution in [0.25, 0.3) is 11.5 Å². The number of aromatic nitrogens is 5. The second-order valence-corrected chi connectivity index (χ2v) is 7.06. The van der Waals surface area contributed by atoms with Crippen LogP contribution < -0.4 is 5.56 Å². The molecule has 0 aromatic carbocycles. The van der Waals surface area contributed by atoms with Gasteiger partial charge in [0.1, 0.15) is 11.3 Å². The predicted octanol–water partition coefficient (Wildman–Crippen LogP) is 1.35. The van der Waals surface area contributed by atoms with Crippen LogP contribution in [0.1, 0.15) is 42.2 Å². The van der Waals surface area contributed by atoms with Gasteiger partial charge in [-0.1, -0.05) is 6.92 Å². The van der Waals surface area contributed by atoms with Gasteiger partial charge in [0.15, 0.2) is 0 Å². The maximum atomic E-state index is 12.9. The van der Waals surface area contributed by atoms with Crippen LogP contribution in [0, 0.1) is 12.8 Å². The van der Waals surface area contributed by atoms with E-state index in [-0.39, 0.29) is 29.1 Å². The average molecular weight is 382 g/mol. The van der Waals surface area contributed by atoms with E-state index in [1.807, 2.05) is 6.92 Å². The maximum absolute atomic E-state index is 12.9. The highest BCUT2D eigenvalue weighted by Crippen LogP contribution is 2.22. The van der Waals surface area contributed by atoms with Gasteiger partial charge in [0.25, 0.3) is 11.5 Å². The minimum atomic E-state index is -0.277. The molecule has 4 rings (SSSR count). The molecule has 28 heavy (non-hydrogen) atoms. The lowest BCUT2D eigenvalue weighted by Gasteiger charge is -2.31. The van der Waals surface area contributed by atoms with Crippen LogP contribution in [0.5, 0.6) is 0 Å². The Morgan fingerprint density at radius 3 is 2.75 bits per heavy atom.